The Bertz CT molecular complexity index is 910. The van der Waals surface area contributed by atoms with E-state index in [-0.39, 0.29) is 23.3 Å². The fourth-order valence-electron chi connectivity index (χ4n) is 4.70. The van der Waals surface area contributed by atoms with Crippen LogP contribution in [-0.4, -0.2) is 29.4 Å². The molecule has 1 aliphatic heterocycles. The van der Waals surface area contributed by atoms with Crippen LogP contribution in [0.25, 0.3) is 0 Å². The molecule has 2 heterocycles. The summed E-state index contributed by atoms with van der Waals surface area (Å²) in [6.45, 7) is 4.68. The molecule has 28 heavy (non-hydrogen) atoms. The molecular weight excluding hydrogens is 350 g/mol. The number of aromatic nitrogens is 1. The molecule has 0 radical (unpaired) electrons. The van der Waals surface area contributed by atoms with E-state index in [1.807, 2.05) is 49.1 Å². The molecule has 2 aliphatic rings. The third-order valence-corrected chi connectivity index (χ3v) is 6.13. The minimum atomic E-state index is -0.347. The van der Waals surface area contributed by atoms with Gasteiger partial charge in [0.2, 0.25) is 5.91 Å². The van der Waals surface area contributed by atoms with Gasteiger partial charge in [0.25, 0.3) is 5.91 Å². The fourth-order valence-corrected chi connectivity index (χ4v) is 4.70. The van der Waals surface area contributed by atoms with Gasteiger partial charge in [0.15, 0.2) is 0 Å². The van der Waals surface area contributed by atoms with E-state index in [0.29, 0.717) is 12.1 Å². The third-order valence-electron chi connectivity index (χ3n) is 6.13. The number of pyridine rings is 1. The minimum Gasteiger partial charge on any atom is -0.348 e. The van der Waals surface area contributed by atoms with Crippen molar-refractivity contribution in [2.75, 3.05) is 11.4 Å². The molecule has 0 unspecified atom stereocenters. The maximum absolute atomic E-state index is 13.3. The topological polar surface area (TPSA) is 62.3 Å². The Morgan fingerprint density at radius 3 is 2.79 bits per heavy atom. The summed E-state index contributed by atoms with van der Waals surface area (Å²) in [5.74, 6) is 0.0671. The molecule has 146 valence electrons. The van der Waals surface area contributed by atoms with Crippen LogP contribution in [0.1, 0.15) is 53.8 Å². The summed E-state index contributed by atoms with van der Waals surface area (Å²) < 4.78 is 0. The fraction of sp³-hybridized carbons (Fsp3) is 0.435. The Morgan fingerprint density at radius 2 is 2.00 bits per heavy atom. The summed E-state index contributed by atoms with van der Waals surface area (Å²) in [5, 5.41) is 3.13. The number of hydrogen-bond donors (Lipinski definition) is 1. The van der Waals surface area contributed by atoms with Crippen LogP contribution in [0.4, 0.5) is 5.69 Å². The Balaban J connectivity index is 1.47. The first-order valence-corrected chi connectivity index (χ1v) is 10.1. The van der Waals surface area contributed by atoms with Crippen molar-refractivity contribution in [3.63, 3.8) is 0 Å². The molecule has 1 saturated heterocycles. The zero-order chi connectivity index (χ0) is 19.7. The van der Waals surface area contributed by atoms with Crippen LogP contribution in [0, 0.1) is 19.3 Å². The lowest BCUT2D eigenvalue weighted by atomic mass is 9.71. The third kappa shape index (κ3) is 3.53. The Morgan fingerprint density at radius 1 is 1.18 bits per heavy atom. The highest BCUT2D eigenvalue weighted by molar-refractivity contribution is 6.00. The molecule has 5 heteroatoms. The number of carbonyl (C=O) groups excluding carboxylic acids is 2. The van der Waals surface area contributed by atoms with Crippen molar-refractivity contribution in [2.45, 2.75) is 52.0 Å². The molecule has 5 nitrogen and oxygen atoms in total. The van der Waals surface area contributed by atoms with Crippen molar-refractivity contribution >= 4 is 17.5 Å². The number of nitrogens with zero attached hydrogens (tertiary/aromatic N) is 2. The second-order valence-corrected chi connectivity index (χ2v) is 8.26. The van der Waals surface area contributed by atoms with Gasteiger partial charge < -0.3 is 10.2 Å². The molecule has 4 rings (SSSR count). The molecule has 1 spiro atoms. The van der Waals surface area contributed by atoms with Crippen LogP contribution < -0.4 is 10.2 Å². The van der Waals surface area contributed by atoms with Gasteiger partial charge in [-0.25, -0.2) is 4.98 Å². The van der Waals surface area contributed by atoms with Gasteiger partial charge in [0, 0.05) is 24.0 Å². The van der Waals surface area contributed by atoms with E-state index in [1.165, 1.54) is 0 Å². The Labute approximate surface area is 166 Å². The summed E-state index contributed by atoms with van der Waals surface area (Å²) in [7, 11) is 0. The number of hydrogen-bond acceptors (Lipinski definition) is 3. The molecule has 0 bridgehead atoms. The highest BCUT2D eigenvalue weighted by Crippen LogP contribution is 2.46. The van der Waals surface area contributed by atoms with Crippen LogP contribution in [0.15, 0.2) is 42.5 Å². The lowest BCUT2D eigenvalue weighted by Gasteiger charge is -2.36. The number of anilines is 1. The quantitative estimate of drug-likeness (QED) is 0.885. The predicted molar refractivity (Wildman–Crippen MR) is 109 cm³/mol. The molecule has 2 atom stereocenters. The molecule has 1 aromatic carbocycles. The van der Waals surface area contributed by atoms with Gasteiger partial charge in [0.05, 0.1) is 5.41 Å². The van der Waals surface area contributed by atoms with Crippen LogP contribution in [0.5, 0.6) is 0 Å². The van der Waals surface area contributed by atoms with E-state index >= 15 is 0 Å². The van der Waals surface area contributed by atoms with Gasteiger partial charge in [-0.15, -0.1) is 0 Å². The average molecular weight is 377 g/mol. The highest BCUT2D eigenvalue weighted by Gasteiger charge is 2.49. The van der Waals surface area contributed by atoms with Gasteiger partial charge in [-0.05, 0) is 69.4 Å². The summed E-state index contributed by atoms with van der Waals surface area (Å²) in [6, 6.07) is 13.6. The van der Waals surface area contributed by atoms with Crippen molar-refractivity contribution in [1.29, 1.82) is 0 Å². The van der Waals surface area contributed by atoms with Crippen molar-refractivity contribution in [1.82, 2.24) is 10.3 Å². The molecule has 1 saturated carbocycles. The van der Waals surface area contributed by atoms with Gasteiger partial charge >= 0.3 is 0 Å². The van der Waals surface area contributed by atoms with Crippen LogP contribution in [-0.2, 0) is 4.79 Å². The van der Waals surface area contributed by atoms with Crippen LogP contribution in [0.2, 0.25) is 0 Å². The van der Waals surface area contributed by atoms with Crippen molar-refractivity contribution in [3.8, 4) is 0 Å². The molecule has 2 aromatic rings. The van der Waals surface area contributed by atoms with Crippen molar-refractivity contribution < 1.29 is 9.59 Å². The number of nitrogens with one attached hydrogen (secondary N) is 1. The Hall–Kier alpha value is -2.69. The average Bonchev–Trinajstić information content (AvgIpc) is 2.97. The van der Waals surface area contributed by atoms with Gasteiger partial charge in [-0.3, -0.25) is 9.59 Å². The van der Waals surface area contributed by atoms with Crippen molar-refractivity contribution in [2.24, 2.45) is 5.41 Å². The monoisotopic (exact) mass is 377 g/mol. The number of carbonyl (C=O) groups is 2. The molecule has 1 aromatic heterocycles. The molecule has 1 N–H and O–H groups in total. The van der Waals surface area contributed by atoms with Gasteiger partial charge in [-0.1, -0.05) is 24.6 Å². The lowest BCUT2D eigenvalue weighted by Crippen LogP contribution is -2.46. The second kappa shape index (κ2) is 7.38. The molecule has 2 fully saturated rings. The predicted octanol–water partition coefficient (Wildman–Crippen LogP) is 3.79. The molecular formula is C23H27N3O2. The smallest absolute Gasteiger partial charge is 0.270 e. The lowest BCUT2D eigenvalue weighted by molar-refractivity contribution is -0.127. The normalized spacial score (nSPS) is 24.6. The highest BCUT2D eigenvalue weighted by atomic mass is 16.2. The largest absolute Gasteiger partial charge is 0.348 e. The second-order valence-electron chi connectivity index (χ2n) is 8.26. The van der Waals surface area contributed by atoms with Crippen molar-refractivity contribution in [3.05, 3.63) is 59.4 Å². The maximum Gasteiger partial charge on any atom is 0.270 e. The van der Waals surface area contributed by atoms with Gasteiger partial charge in [0.1, 0.15) is 5.69 Å². The van der Waals surface area contributed by atoms with E-state index in [2.05, 4.69) is 16.4 Å². The number of rotatable bonds is 3. The zero-order valence-corrected chi connectivity index (χ0v) is 16.6. The Kier molecular flexibility index (Phi) is 4.92. The van der Waals surface area contributed by atoms with E-state index in [0.717, 1.165) is 49.2 Å². The number of aryl methyl sites for hydroxylation is 2. The van der Waals surface area contributed by atoms with Gasteiger partial charge in [-0.2, -0.15) is 0 Å². The van der Waals surface area contributed by atoms with Crippen LogP contribution in [0.3, 0.4) is 0 Å². The van der Waals surface area contributed by atoms with E-state index < -0.39 is 0 Å². The van der Waals surface area contributed by atoms with Crippen LogP contribution >= 0.6 is 0 Å². The van der Waals surface area contributed by atoms with E-state index in [1.54, 1.807) is 6.07 Å². The van der Waals surface area contributed by atoms with E-state index in [4.69, 9.17) is 0 Å². The summed E-state index contributed by atoms with van der Waals surface area (Å²) in [6.07, 6.45) is 4.35. The molecule has 1 aliphatic carbocycles. The summed E-state index contributed by atoms with van der Waals surface area (Å²) in [4.78, 5) is 32.2. The first-order valence-electron chi connectivity index (χ1n) is 10.1. The zero-order valence-electron chi connectivity index (χ0n) is 16.6. The SMILES string of the molecule is Cc1cccc(N2CC[C@]3(CCC[C@@H](NC(=O)c4cccc(C)n4)C3)C2=O)c1. The molecule has 2 amide bonds. The number of benzene rings is 1. The minimum absolute atomic E-state index is 0.0185. The summed E-state index contributed by atoms with van der Waals surface area (Å²) in [5.41, 5.74) is 3.06. The van der Waals surface area contributed by atoms with E-state index in [9.17, 15) is 9.59 Å². The number of amides is 2. The first kappa shape index (κ1) is 18.7. The maximum atomic E-state index is 13.3. The standard InChI is InChI=1S/C23H27N3O2/c1-16-6-3-9-19(14-16)26-13-12-23(22(26)28)11-5-8-18(15-23)25-21(27)20-10-4-7-17(2)24-20/h3-4,6-7,9-10,14,18H,5,8,11-13,15H2,1-2H3,(H,25,27)/t18-,23+/m1/s1. The summed E-state index contributed by atoms with van der Waals surface area (Å²) >= 11 is 0. The first-order chi connectivity index (χ1) is 13.5.